The number of amides is 2. The lowest BCUT2D eigenvalue weighted by molar-refractivity contribution is -0.126. The second kappa shape index (κ2) is 2.79. The highest BCUT2D eigenvalue weighted by atomic mass is 16.3. The number of rotatable bonds is 2. The molecule has 1 unspecified atom stereocenters. The minimum absolute atomic E-state index is 0.196. The predicted molar refractivity (Wildman–Crippen MR) is 31.4 cm³/mol. The molecule has 0 aromatic rings. The summed E-state index contributed by atoms with van der Waals surface area (Å²) >= 11 is 0. The van der Waals surface area contributed by atoms with Crippen LogP contribution in [0.1, 0.15) is 12.8 Å². The fourth-order valence-corrected chi connectivity index (χ4v) is 0.982. The van der Waals surface area contributed by atoms with Crippen molar-refractivity contribution in [2.45, 2.75) is 12.8 Å². The maximum absolute atomic E-state index is 10.7. The third kappa shape index (κ3) is 1.33. The van der Waals surface area contributed by atoms with Crippen molar-refractivity contribution in [3.63, 3.8) is 0 Å². The summed E-state index contributed by atoms with van der Waals surface area (Å²) in [5, 5.41) is 12.2. The van der Waals surface area contributed by atoms with E-state index in [0.29, 0.717) is 0 Å². The van der Waals surface area contributed by atoms with Gasteiger partial charge in [0, 0.05) is 12.3 Å². The molecule has 0 bridgehead atoms. The molecule has 10 heavy (non-hydrogen) atoms. The summed E-state index contributed by atoms with van der Waals surface area (Å²) in [7, 11) is 0. The first-order valence-electron chi connectivity index (χ1n) is 3.16. The largest absolute Gasteiger partial charge is 0.296 e. The van der Waals surface area contributed by atoms with Crippen LogP contribution in [-0.4, -0.2) is 18.4 Å². The van der Waals surface area contributed by atoms with E-state index in [9.17, 15) is 14.7 Å². The molecule has 0 aliphatic carbocycles. The van der Waals surface area contributed by atoms with Crippen molar-refractivity contribution in [2.24, 2.45) is 5.92 Å². The molecule has 4 heteroatoms. The Kier molecular flexibility index (Phi) is 2.01. The summed E-state index contributed by atoms with van der Waals surface area (Å²) in [5.41, 5.74) is 0. The van der Waals surface area contributed by atoms with E-state index in [1.54, 1.807) is 0 Å². The Labute approximate surface area is 58.2 Å². The van der Waals surface area contributed by atoms with E-state index in [1.165, 1.54) is 0 Å². The van der Waals surface area contributed by atoms with Crippen molar-refractivity contribution in [1.82, 2.24) is 5.32 Å². The van der Waals surface area contributed by atoms with Crippen LogP contribution in [0.2, 0.25) is 0 Å². The summed E-state index contributed by atoms with van der Waals surface area (Å²) in [4.78, 5) is 21.2. The van der Waals surface area contributed by atoms with Gasteiger partial charge in [-0.25, -0.2) is 5.11 Å². The second-order valence-corrected chi connectivity index (χ2v) is 2.31. The summed E-state index contributed by atoms with van der Waals surface area (Å²) in [6.45, 7) is -0.286. The maximum Gasteiger partial charge on any atom is 0.230 e. The van der Waals surface area contributed by atoms with Gasteiger partial charge in [0.15, 0.2) is 0 Å². The van der Waals surface area contributed by atoms with Crippen molar-refractivity contribution in [3.05, 3.63) is 0 Å². The topological polar surface area (TPSA) is 66.1 Å². The van der Waals surface area contributed by atoms with Gasteiger partial charge in [0.05, 0.1) is 6.61 Å². The maximum atomic E-state index is 10.7. The molecule has 1 rings (SSSR count). The lowest BCUT2D eigenvalue weighted by Crippen LogP contribution is -2.22. The van der Waals surface area contributed by atoms with Gasteiger partial charge in [-0.2, -0.15) is 0 Å². The summed E-state index contributed by atoms with van der Waals surface area (Å²) in [5.74, 6) is -0.908. The summed E-state index contributed by atoms with van der Waals surface area (Å²) in [6, 6.07) is 0. The molecular weight excluding hydrogens is 134 g/mol. The van der Waals surface area contributed by atoms with Crippen molar-refractivity contribution in [2.75, 3.05) is 6.61 Å². The fraction of sp³-hybridized carbons (Fsp3) is 0.667. The number of nitrogens with one attached hydrogen (secondary N) is 1. The van der Waals surface area contributed by atoms with Crippen LogP contribution in [0.25, 0.3) is 0 Å². The predicted octanol–water partition coefficient (Wildman–Crippen LogP) is -0.530. The van der Waals surface area contributed by atoms with Crippen LogP contribution in [0.15, 0.2) is 0 Å². The Morgan fingerprint density at radius 3 is 2.60 bits per heavy atom. The molecule has 1 aliphatic heterocycles. The molecule has 1 heterocycles. The third-order valence-corrected chi connectivity index (χ3v) is 1.53. The molecule has 4 nitrogen and oxygen atoms in total. The molecule has 0 aromatic carbocycles. The molecule has 0 spiro atoms. The van der Waals surface area contributed by atoms with Crippen LogP contribution >= 0.6 is 0 Å². The Morgan fingerprint density at radius 2 is 2.20 bits per heavy atom. The molecule has 55 valence electrons. The first-order valence-corrected chi connectivity index (χ1v) is 3.16. The Bertz CT molecular complexity index is 166. The average molecular weight is 142 g/mol. The van der Waals surface area contributed by atoms with E-state index in [-0.39, 0.29) is 37.2 Å². The van der Waals surface area contributed by atoms with Gasteiger partial charge in [0.25, 0.3) is 0 Å². The van der Waals surface area contributed by atoms with Crippen LogP contribution < -0.4 is 5.32 Å². The number of imide groups is 1. The zero-order chi connectivity index (χ0) is 7.56. The number of carbonyl (C=O) groups is 2. The van der Waals surface area contributed by atoms with E-state index in [2.05, 4.69) is 5.32 Å². The molecule has 1 N–H and O–H groups in total. The van der Waals surface area contributed by atoms with Gasteiger partial charge < -0.3 is 0 Å². The molecule has 1 radical (unpaired) electrons. The Balaban J connectivity index is 2.46. The SMILES string of the molecule is [O]CCC1CC(=O)NC1=O. The van der Waals surface area contributed by atoms with Gasteiger partial charge in [0.1, 0.15) is 0 Å². The highest BCUT2D eigenvalue weighted by Crippen LogP contribution is 2.13. The molecular formula is C6H8NO3. The van der Waals surface area contributed by atoms with Gasteiger partial charge in [-0.3, -0.25) is 14.9 Å². The van der Waals surface area contributed by atoms with E-state index in [0.717, 1.165) is 0 Å². The number of hydrogen-bond acceptors (Lipinski definition) is 2. The van der Waals surface area contributed by atoms with Crippen LogP contribution in [0.3, 0.4) is 0 Å². The van der Waals surface area contributed by atoms with Crippen molar-refractivity contribution in [1.29, 1.82) is 0 Å². The highest BCUT2D eigenvalue weighted by Gasteiger charge is 2.29. The molecule has 1 fully saturated rings. The monoisotopic (exact) mass is 142 g/mol. The van der Waals surface area contributed by atoms with Crippen molar-refractivity contribution in [3.8, 4) is 0 Å². The van der Waals surface area contributed by atoms with Crippen LogP contribution in [-0.2, 0) is 14.7 Å². The fourth-order valence-electron chi connectivity index (χ4n) is 0.982. The minimum Gasteiger partial charge on any atom is -0.296 e. The smallest absolute Gasteiger partial charge is 0.230 e. The van der Waals surface area contributed by atoms with Crippen molar-refractivity contribution >= 4 is 11.8 Å². The number of hydrogen-bond donors (Lipinski definition) is 1. The van der Waals surface area contributed by atoms with Crippen LogP contribution in [0.5, 0.6) is 0 Å². The zero-order valence-electron chi connectivity index (χ0n) is 5.42. The van der Waals surface area contributed by atoms with Gasteiger partial charge in [-0.05, 0) is 6.42 Å². The zero-order valence-corrected chi connectivity index (χ0v) is 5.42. The first-order chi connectivity index (χ1) is 4.74. The van der Waals surface area contributed by atoms with E-state index in [1.807, 2.05) is 0 Å². The van der Waals surface area contributed by atoms with Gasteiger partial charge in [0.2, 0.25) is 11.8 Å². The lowest BCUT2D eigenvalue weighted by Gasteiger charge is -1.98. The molecule has 0 aromatic heterocycles. The minimum atomic E-state index is -0.356. The second-order valence-electron chi connectivity index (χ2n) is 2.31. The third-order valence-electron chi connectivity index (χ3n) is 1.53. The Hall–Kier alpha value is -0.900. The standard InChI is InChI=1S/C6H8NO3/c8-2-1-4-3-5(9)7-6(4)10/h4H,1-3H2,(H,7,9,10). The molecule has 2 amide bonds. The van der Waals surface area contributed by atoms with E-state index in [4.69, 9.17) is 0 Å². The first kappa shape index (κ1) is 7.21. The Morgan fingerprint density at radius 1 is 1.50 bits per heavy atom. The van der Waals surface area contributed by atoms with Gasteiger partial charge in [-0.15, -0.1) is 0 Å². The van der Waals surface area contributed by atoms with Crippen molar-refractivity contribution < 1.29 is 14.7 Å². The molecule has 1 aliphatic rings. The van der Waals surface area contributed by atoms with Gasteiger partial charge in [-0.1, -0.05) is 0 Å². The van der Waals surface area contributed by atoms with Gasteiger partial charge >= 0.3 is 0 Å². The molecule has 1 atom stereocenters. The van der Waals surface area contributed by atoms with E-state index >= 15 is 0 Å². The number of carbonyl (C=O) groups excluding carboxylic acids is 2. The van der Waals surface area contributed by atoms with Crippen LogP contribution in [0.4, 0.5) is 0 Å². The highest BCUT2D eigenvalue weighted by molar-refractivity contribution is 6.03. The summed E-state index contributed by atoms with van der Waals surface area (Å²) in [6.07, 6.45) is 0.471. The van der Waals surface area contributed by atoms with Crippen LogP contribution in [0, 0.1) is 5.92 Å². The summed E-state index contributed by atoms with van der Waals surface area (Å²) < 4.78 is 0. The average Bonchev–Trinajstić information content (AvgIpc) is 2.13. The normalized spacial score (nSPS) is 25.1. The quantitative estimate of drug-likeness (QED) is 0.526. The molecule has 0 saturated carbocycles. The van der Waals surface area contributed by atoms with E-state index < -0.39 is 0 Å². The lowest BCUT2D eigenvalue weighted by atomic mass is 10.1. The molecule has 1 saturated heterocycles.